The number of nitrogens with two attached hydrogens (primary N) is 1. The molecule has 0 unspecified atom stereocenters. The van der Waals surface area contributed by atoms with Gasteiger partial charge in [0.15, 0.2) is 5.78 Å². The van der Waals surface area contributed by atoms with Gasteiger partial charge in [-0.2, -0.15) is 0 Å². The minimum Gasteiger partial charge on any atom is -0.506 e. The number of pyridine rings is 1. The molecule has 6 heteroatoms. The summed E-state index contributed by atoms with van der Waals surface area (Å²) in [5.41, 5.74) is 10.2. The Balaban J connectivity index is 1.83. The molecule has 3 aromatic rings. The van der Waals surface area contributed by atoms with E-state index in [1.807, 2.05) is 38.1 Å². The van der Waals surface area contributed by atoms with E-state index in [1.165, 1.54) is 0 Å². The highest BCUT2D eigenvalue weighted by molar-refractivity contribution is 6.32. The van der Waals surface area contributed by atoms with Crippen molar-refractivity contribution in [1.29, 1.82) is 0 Å². The highest BCUT2D eigenvalue weighted by Gasteiger charge is 2.23. The third kappa shape index (κ3) is 4.53. The van der Waals surface area contributed by atoms with E-state index in [-0.39, 0.29) is 29.5 Å². The van der Waals surface area contributed by atoms with Crippen molar-refractivity contribution in [2.45, 2.75) is 51.6 Å². The molecule has 1 aliphatic carbocycles. The third-order valence-electron chi connectivity index (χ3n) is 6.06. The van der Waals surface area contributed by atoms with Crippen LogP contribution in [0, 0.1) is 5.92 Å². The molecule has 5 nitrogen and oxygen atoms in total. The number of benzene rings is 2. The maximum absolute atomic E-state index is 13.0. The zero-order valence-electron chi connectivity index (χ0n) is 17.9. The van der Waals surface area contributed by atoms with Crippen molar-refractivity contribution >= 4 is 34.0 Å². The Morgan fingerprint density at radius 3 is 2.48 bits per heavy atom. The van der Waals surface area contributed by atoms with Gasteiger partial charge in [-0.3, -0.25) is 9.78 Å². The molecule has 2 aromatic carbocycles. The number of carbonyl (C=O) groups is 1. The highest BCUT2D eigenvalue weighted by Crippen LogP contribution is 2.35. The number of hydrogen-bond acceptors (Lipinski definition) is 5. The van der Waals surface area contributed by atoms with Gasteiger partial charge in [0.25, 0.3) is 0 Å². The molecule has 0 amide bonds. The molecule has 162 valence electrons. The first kappa shape index (κ1) is 21.6. The monoisotopic (exact) mass is 437 g/mol. The van der Waals surface area contributed by atoms with Gasteiger partial charge in [0.2, 0.25) is 0 Å². The molecule has 1 aromatic heterocycles. The second kappa shape index (κ2) is 8.85. The summed E-state index contributed by atoms with van der Waals surface area (Å²) in [7, 11) is 0. The van der Waals surface area contributed by atoms with Crippen molar-refractivity contribution in [3.63, 3.8) is 0 Å². The number of carbonyl (C=O) groups excluding carboxylic acids is 1. The zero-order chi connectivity index (χ0) is 22.1. The van der Waals surface area contributed by atoms with E-state index in [1.54, 1.807) is 18.3 Å². The van der Waals surface area contributed by atoms with Crippen molar-refractivity contribution in [1.82, 2.24) is 4.98 Å². The number of phenolic OH excluding ortho intramolecular Hbond substituents is 1. The van der Waals surface area contributed by atoms with Crippen LogP contribution in [0.3, 0.4) is 0 Å². The largest absolute Gasteiger partial charge is 0.506 e. The summed E-state index contributed by atoms with van der Waals surface area (Å²) in [5, 5.41) is 14.6. The molecule has 0 bridgehead atoms. The number of phenols is 1. The number of aromatic hydroxyl groups is 1. The first-order valence-electron chi connectivity index (χ1n) is 10.8. The molecule has 0 saturated heterocycles. The van der Waals surface area contributed by atoms with Crippen molar-refractivity contribution in [2.24, 2.45) is 11.7 Å². The van der Waals surface area contributed by atoms with Crippen molar-refractivity contribution in [3.05, 3.63) is 53.2 Å². The van der Waals surface area contributed by atoms with Crippen LogP contribution in [0.5, 0.6) is 5.75 Å². The van der Waals surface area contributed by atoms with Gasteiger partial charge in [-0.1, -0.05) is 37.6 Å². The second-order valence-electron chi connectivity index (χ2n) is 8.72. The number of ketones is 1. The molecule has 31 heavy (non-hydrogen) atoms. The van der Waals surface area contributed by atoms with Gasteiger partial charge < -0.3 is 16.2 Å². The van der Waals surface area contributed by atoms with Crippen LogP contribution in [0.4, 0.5) is 5.69 Å². The molecule has 4 rings (SSSR count). The van der Waals surface area contributed by atoms with Gasteiger partial charge in [0, 0.05) is 29.6 Å². The maximum Gasteiger partial charge on any atom is 0.169 e. The topological polar surface area (TPSA) is 88.2 Å². The lowest BCUT2D eigenvalue weighted by Gasteiger charge is -2.29. The summed E-state index contributed by atoms with van der Waals surface area (Å²) in [4.78, 5) is 17.6. The predicted molar refractivity (Wildman–Crippen MR) is 127 cm³/mol. The molecular weight excluding hydrogens is 410 g/mol. The quantitative estimate of drug-likeness (QED) is 0.440. The van der Waals surface area contributed by atoms with E-state index < -0.39 is 0 Å². The summed E-state index contributed by atoms with van der Waals surface area (Å²) in [6.45, 7) is 3.82. The van der Waals surface area contributed by atoms with Crippen LogP contribution in [0.15, 0.2) is 42.6 Å². The molecule has 1 saturated carbocycles. The fourth-order valence-electron chi connectivity index (χ4n) is 4.18. The summed E-state index contributed by atoms with van der Waals surface area (Å²) >= 11 is 6.13. The maximum atomic E-state index is 13.0. The SMILES string of the molecule is CC(C)C(=O)c1cnc2ccc(-c3ccc(O)c(Cl)c3)cc2c1N[C@H]1CC[C@H](N)CC1. The highest BCUT2D eigenvalue weighted by atomic mass is 35.5. The fraction of sp³-hybridized carbons (Fsp3) is 0.360. The number of nitrogens with zero attached hydrogens (tertiary/aromatic N) is 1. The van der Waals surface area contributed by atoms with Crippen molar-refractivity contribution in [3.8, 4) is 16.9 Å². The van der Waals surface area contributed by atoms with Crippen LogP contribution in [-0.4, -0.2) is 28.0 Å². The van der Waals surface area contributed by atoms with Gasteiger partial charge in [-0.05, 0) is 61.1 Å². The minimum absolute atomic E-state index is 0.0514. The Kier molecular flexibility index (Phi) is 6.17. The molecule has 1 fully saturated rings. The predicted octanol–water partition coefficient (Wildman–Crippen LogP) is 5.78. The second-order valence-corrected chi connectivity index (χ2v) is 9.13. The molecule has 0 radical (unpaired) electrons. The number of nitrogens with one attached hydrogen (secondary N) is 1. The van der Waals surface area contributed by atoms with E-state index in [0.29, 0.717) is 10.6 Å². The lowest BCUT2D eigenvalue weighted by Crippen LogP contribution is -2.33. The average molecular weight is 438 g/mol. The lowest BCUT2D eigenvalue weighted by atomic mass is 9.90. The summed E-state index contributed by atoms with van der Waals surface area (Å²) in [6.07, 6.45) is 5.61. The number of aromatic nitrogens is 1. The van der Waals surface area contributed by atoms with Crippen LogP contribution in [-0.2, 0) is 0 Å². The van der Waals surface area contributed by atoms with Crippen molar-refractivity contribution in [2.75, 3.05) is 5.32 Å². The van der Waals surface area contributed by atoms with Crippen LogP contribution in [0.2, 0.25) is 5.02 Å². The Morgan fingerprint density at radius 2 is 1.81 bits per heavy atom. The molecule has 0 aliphatic heterocycles. The minimum atomic E-state index is -0.126. The van der Waals surface area contributed by atoms with Gasteiger partial charge in [-0.15, -0.1) is 0 Å². The number of Topliss-reactive ketones (excluding diaryl/α,β-unsaturated/α-hetero) is 1. The summed E-state index contributed by atoms with van der Waals surface area (Å²) in [5.74, 6) is -0.00305. The lowest BCUT2D eigenvalue weighted by molar-refractivity contribution is 0.0940. The summed E-state index contributed by atoms with van der Waals surface area (Å²) in [6, 6.07) is 11.7. The van der Waals surface area contributed by atoms with E-state index >= 15 is 0 Å². The van der Waals surface area contributed by atoms with Crippen molar-refractivity contribution < 1.29 is 9.90 Å². The molecule has 0 spiro atoms. The number of anilines is 1. The molecule has 1 heterocycles. The normalized spacial score (nSPS) is 19.0. The molecule has 1 aliphatic rings. The van der Waals surface area contributed by atoms with Crippen LogP contribution < -0.4 is 11.1 Å². The standard InChI is InChI=1S/C25H28ClN3O2/c1-14(2)25(31)20-13-28-22-9-3-15(16-4-10-23(30)21(26)12-16)11-19(22)24(20)29-18-7-5-17(27)6-8-18/h3-4,9-14,17-18,30H,5-8,27H2,1-2H3,(H,28,29)/t17-,18-. The van der Waals surface area contributed by atoms with Crippen LogP contribution in [0.1, 0.15) is 49.9 Å². The molecular formula is C25H28ClN3O2. The number of hydrogen-bond donors (Lipinski definition) is 3. The fourth-order valence-corrected chi connectivity index (χ4v) is 4.36. The number of fused-ring (bicyclic) bond motifs is 1. The smallest absolute Gasteiger partial charge is 0.169 e. The van der Waals surface area contributed by atoms with E-state index in [9.17, 15) is 9.90 Å². The van der Waals surface area contributed by atoms with Crippen LogP contribution >= 0.6 is 11.6 Å². The van der Waals surface area contributed by atoms with Crippen LogP contribution in [0.25, 0.3) is 22.0 Å². The van der Waals surface area contributed by atoms with E-state index in [0.717, 1.165) is 53.4 Å². The third-order valence-corrected chi connectivity index (χ3v) is 6.36. The van der Waals surface area contributed by atoms with Gasteiger partial charge in [-0.25, -0.2) is 0 Å². The molecule has 0 atom stereocenters. The molecule has 4 N–H and O–H groups in total. The van der Waals surface area contributed by atoms with Gasteiger partial charge >= 0.3 is 0 Å². The Hall–Kier alpha value is -2.63. The first-order valence-corrected chi connectivity index (χ1v) is 11.2. The first-order chi connectivity index (χ1) is 14.8. The number of rotatable bonds is 5. The van der Waals surface area contributed by atoms with Gasteiger partial charge in [0.05, 0.1) is 21.8 Å². The van der Waals surface area contributed by atoms with E-state index in [2.05, 4.69) is 10.3 Å². The number of halogens is 1. The average Bonchev–Trinajstić information content (AvgIpc) is 2.76. The Morgan fingerprint density at radius 1 is 1.13 bits per heavy atom. The van der Waals surface area contributed by atoms with Gasteiger partial charge in [0.1, 0.15) is 5.75 Å². The summed E-state index contributed by atoms with van der Waals surface area (Å²) < 4.78 is 0. The zero-order valence-corrected chi connectivity index (χ0v) is 18.6. The van der Waals surface area contributed by atoms with E-state index in [4.69, 9.17) is 17.3 Å². The Labute approximate surface area is 187 Å². The Bertz CT molecular complexity index is 1120.